The van der Waals surface area contributed by atoms with Crippen molar-refractivity contribution in [3.63, 3.8) is 0 Å². The molecule has 2 aromatic heterocycles. The maximum atomic E-state index is 12.8. The molecule has 0 saturated carbocycles. The third kappa shape index (κ3) is 5.22. The molecule has 3 aromatic rings. The number of aliphatic hydroxyl groups is 1. The second-order valence-electron chi connectivity index (χ2n) is 8.02. The second-order valence-corrected chi connectivity index (χ2v) is 8.46. The highest BCUT2D eigenvalue weighted by Crippen LogP contribution is 2.22. The first-order valence-electron chi connectivity index (χ1n) is 10.7. The second kappa shape index (κ2) is 9.70. The summed E-state index contributed by atoms with van der Waals surface area (Å²) in [5.41, 5.74) is 5.28. The molecular formula is C23H26ClN7O2. The van der Waals surface area contributed by atoms with Gasteiger partial charge >= 0.3 is 0 Å². The van der Waals surface area contributed by atoms with Gasteiger partial charge in [-0.15, -0.1) is 0 Å². The summed E-state index contributed by atoms with van der Waals surface area (Å²) >= 11 is 6.02. The first-order chi connectivity index (χ1) is 15.9. The van der Waals surface area contributed by atoms with E-state index in [1.165, 1.54) is 6.33 Å². The molecule has 9 nitrogen and oxygen atoms in total. The highest BCUT2D eigenvalue weighted by molar-refractivity contribution is 6.30. The average molecular weight is 468 g/mol. The number of carbonyl (C=O) groups is 1. The van der Waals surface area contributed by atoms with Gasteiger partial charge in [-0.25, -0.2) is 9.97 Å². The summed E-state index contributed by atoms with van der Waals surface area (Å²) < 4.78 is 1.65. The number of aromatic nitrogens is 4. The van der Waals surface area contributed by atoms with E-state index in [4.69, 9.17) is 17.3 Å². The molecule has 172 valence electrons. The molecule has 33 heavy (non-hydrogen) atoms. The summed E-state index contributed by atoms with van der Waals surface area (Å²) in [7, 11) is 0. The first kappa shape index (κ1) is 22.9. The molecule has 0 aliphatic heterocycles. The molecule has 10 heteroatoms. The van der Waals surface area contributed by atoms with Crippen LogP contribution in [0.1, 0.15) is 40.9 Å². The summed E-state index contributed by atoms with van der Waals surface area (Å²) in [6, 6.07) is 6.82. The van der Waals surface area contributed by atoms with Gasteiger partial charge in [0.1, 0.15) is 17.8 Å². The number of rotatable bonds is 7. The Balaban J connectivity index is 1.53. The summed E-state index contributed by atoms with van der Waals surface area (Å²) in [5.74, 6) is 0.545. The van der Waals surface area contributed by atoms with Crippen molar-refractivity contribution in [2.24, 2.45) is 5.73 Å². The Labute approximate surface area is 196 Å². The van der Waals surface area contributed by atoms with E-state index in [9.17, 15) is 9.90 Å². The predicted octanol–water partition coefficient (Wildman–Crippen LogP) is 2.68. The van der Waals surface area contributed by atoms with Gasteiger partial charge in [0.2, 0.25) is 5.95 Å². The third-order valence-electron chi connectivity index (χ3n) is 5.52. The Bertz CT molecular complexity index is 1180. The maximum Gasteiger partial charge on any atom is 0.273 e. The van der Waals surface area contributed by atoms with E-state index in [-0.39, 0.29) is 18.3 Å². The molecule has 0 bridgehead atoms. The molecule has 2 atom stereocenters. The zero-order chi connectivity index (χ0) is 23.4. The van der Waals surface area contributed by atoms with Crippen LogP contribution < -0.4 is 16.4 Å². The van der Waals surface area contributed by atoms with Gasteiger partial charge in [0, 0.05) is 41.1 Å². The monoisotopic (exact) mass is 467 g/mol. The zero-order valence-electron chi connectivity index (χ0n) is 18.2. The van der Waals surface area contributed by atoms with Crippen molar-refractivity contribution >= 4 is 23.5 Å². The van der Waals surface area contributed by atoms with Crippen LogP contribution >= 0.6 is 11.6 Å². The number of carbonyl (C=O) groups excluding carboxylic acids is 1. The lowest BCUT2D eigenvalue weighted by Gasteiger charge is -2.28. The standard InChI is InChI=1S/C23H26ClN7O2/c1-15-11-26-22(28-18-8-3-2-4-9-18)29-20(15)31-12-19(27-14-31)21(32)30-23(33,13-25)16-6-5-7-17(24)10-16/h2-3,5-7,10-12,14,18,33H,4,8-9,13,25H2,1H3,(H,30,32)(H,26,28,29). The fourth-order valence-corrected chi connectivity index (χ4v) is 3.86. The van der Waals surface area contributed by atoms with E-state index in [2.05, 4.69) is 37.7 Å². The number of nitrogens with one attached hydrogen (secondary N) is 2. The average Bonchev–Trinajstić information content (AvgIpc) is 3.31. The molecule has 4 rings (SSSR count). The minimum atomic E-state index is -1.79. The molecule has 1 aromatic carbocycles. The predicted molar refractivity (Wildman–Crippen MR) is 126 cm³/mol. The van der Waals surface area contributed by atoms with Crippen LogP contribution in [-0.4, -0.2) is 43.1 Å². The lowest BCUT2D eigenvalue weighted by Crippen LogP contribution is -2.51. The minimum absolute atomic E-state index is 0.105. The van der Waals surface area contributed by atoms with Crippen molar-refractivity contribution in [3.05, 3.63) is 77.0 Å². The number of anilines is 1. The number of nitrogens with two attached hydrogens (primary N) is 1. The van der Waals surface area contributed by atoms with Crippen LogP contribution in [0, 0.1) is 6.92 Å². The Morgan fingerprint density at radius 2 is 2.21 bits per heavy atom. The van der Waals surface area contributed by atoms with Gasteiger partial charge in [-0.2, -0.15) is 4.98 Å². The summed E-state index contributed by atoms with van der Waals surface area (Å²) in [6.45, 7) is 1.64. The molecule has 2 unspecified atom stereocenters. The van der Waals surface area contributed by atoms with Gasteiger partial charge in [0.05, 0.1) is 0 Å². The number of hydrogen-bond acceptors (Lipinski definition) is 7. The molecule has 0 saturated heterocycles. The number of amides is 1. The van der Waals surface area contributed by atoms with Crippen molar-refractivity contribution in [3.8, 4) is 5.82 Å². The quantitative estimate of drug-likeness (QED) is 0.310. The van der Waals surface area contributed by atoms with Gasteiger partial charge in [-0.1, -0.05) is 35.9 Å². The third-order valence-corrected chi connectivity index (χ3v) is 5.76. The Morgan fingerprint density at radius 3 is 2.94 bits per heavy atom. The molecular weight excluding hydrogens is 442 g/mol. The SMILES string of the molecule is Cc1cnc(NC2CC=CCC2)nc1-n1cnc(C(=O)NC(O)(CN)c2cccc(Cl)c2)c1. The number of aryl methyl sites for hydroxylation is 1. The van der Waals surface area contributed by atoms with E-state index < -0.39 is 11.6 Å². The number of imidazole rings is 1. The van der Waals surface area contributed by atoms with E-state index in [0.29, 0.717) is 22.4 Å². The van der Waals surface area contributed by atoms with E-state index >= 15 is 0 Å². The van der Waals surface area contributed by atoms with Gasteiger partial charge in [-0.05, 0) is 38.3 Å². The van der Waals surface area contributed by atoms with Crippen LogP contribution in [0.15, 0.2) is 55.1 Å². The van der Waals surface area contributed by atoms with Crippen LogP contribution in [0.5, 0.6) is 0 Å². The molecule has 2 heterocycles. The summed E-state index contributed by atoms with van der Waals surface area (Å²) in [4.78, 5) is 26.0. The van der Waals surface area contributed by atoms with Crippen molar-refractivity contribution in [1.82, 2.24) is 24.8 Å². The van der Waals surface area contributed by atoms with Crippen LogP contribution in [0.25, 0.3) is 5.82 Å². The van der Waals surface area contributed by atoms with Crippen LogP contribution in [0.3, 0.4) is 0 Å². The van der Waals surface area contributed by atoms with Crippen molar-refractivity contribution in [2.75, 3.05) is 11.9 Å². The number of nitrogens with zero attached hydrogens (tertiary/aromatic N) is 4. The van der Waals surface area contributed by atoms with Crippen LogP contribution in [-0.2, 0) is 5.72 Å². The lowest BCUT2D eigenvalue weighted by atomic mass is 10.0. The van der Waals surface area contributed by atoms with Gasteiger partial charge in [0.15, 0.2) is 5.72 Å². The van der Waals surface area contributed by atoms with Gasteiger partial charge in [-0.3, -0.25) is 9.36 Å². The lowest BCUT2D eigenvalue weighted by molar-refractivity contribution is 0.0108. The Kier molecular flexibility index (Phi) is 6.73. The topological polar surface area (TPSA) is 131 Å². The molecule has 5 N–H and O–H groups in total. The van der Waals surface area contributed by atoms with Crippen molar-refractivity contribution in [1.29, 1.82) is 0 Å². The fraction of sp³-hybridized carbons (Fsp3) is 0.304. The normalized spacial score (nSPS) is 17.4. The Morgan fingerprint density at radius 1 is 1.36 bits per heavy atom. The van der Waals surface area contributed by atoms with Crippen molar-refractivity contribution in [2.45, 2.75) is 38.0 Å². The van der Waals surface area contributed by atoms with Crippen molar-refractivity contribution < 1.29 is 9.90 Å². The molecule has 1 amide bonds. The Hall–Kier alpha value is -3.27. The molecule has 0 radical (unpaired) electrons. The van der Waals surface area contributed by atoms with Crippen LogP contribution in [0.4, 0.5) is 5.95 Å². The van der Waals surface area contributed by atoms with E-state index in [0.717, 1.165) is 24.8 Å². The van der Waals surface area contributed by atoms with Gasteiger partial charge < -0.3 is 21.5 Å². The van der Waals surface area contributed by atoms with Gasteiger partial charge in [0.25, 0.3) is 5.91 Å². The highest BCUT2D eigenvalue weighted by Gasteiger charge is 2.31. The maximum absolute atomic E-state index is 12.8. The summed E-state index contributed by atoms with van der Waals surface area (Å²) in [6.07, 6.45) is 12.1. The molecule has 1 aliphatic carbocycles. The van der Waals surface area contributed by atoms with Crippen LogP contribution in [0.2, 0.25) is 5.02 Å². The van der Waals surface area contributed by atoms with E-state index in [1.54, 1.807) is 41.2 Å². The molecule has 1 aliphatic rings. The molecule has 0 spiro atoms. The number of benzene rings is 1. The highest BCUT2D eigenvalue weighted by atomic mass is 35.5. The summed E-state index contributed by atoms with van der Waals surface area (Å²) in [5, 5.41) is 17.3. The first-order valence-corrected chi connectivity index (χ1v) is 11.1. The minimum Gasteiger partial charge on any atom is -0.366 e. The van der Waals surface area contributed by atoms with E-state index in [1.807, 2.05) is 6.92 Å². The number of hydrogen-bond donors (Lipinski definition) is 4. The number of allylic oxidation sites excluding steroid dienone is 1. The fourth-order valence-electron chi connectivity index (χ4n) is 3.67. The largest absolute Gasteiger partial charge is 0.366 e. The smallest absolute Gasteiger partial charge is 0.273 e. The number of halogens is 1. The zero-order valence-corrected chi connectivity index (χ0v) is 19.0. The molecule has 0 fully saturated rings.